The van der Waals surface area contributed by atoms with Crippen LogP contribution in [-0.2, 0) is 21.2 Å². The van der Waals surface area contributed by atoms with Gasteiger partial charge in [0.25, 0.3) is 5.91 Å². The van der Waals surface area contributed by atoms with Crippen molar-refractivity contribution in [2.75, 3.05) is 23.9 Å². The Morgan fingerprint density at radius 2 is 1.89 bits per heavy atom. The van der Waals surface area contributed by atoms with E-state index in [2.05, 4.69) is 10.3 Å². The number of rotatable bonds is 8. The number of sulfone groups is 1. The van der Waals surface area contributed by atoms with Crippen LogP contribution < -0.4 is 20.5 Å². The number of pyridine rings is 1. The number of ether oxygens (including phenoxy) is 3. The van der Waals surface area contributed by atoms with Crippen molar-refractivity contribution < 1.29 is 32.2 Å². The summed E-state index contributed by atoms with van der Waals surface area (Å²) in [6.07, 6.45) is 1.64. The summed E-state index contributed by atoms with van der Waals surface area (Å²) in [6.45, 7) is 3.73. The van der Waals surface area contributed by atoms with Crippen LogP contribution in [0.1, 0.15) is 28.4 Å². The quantitative estimate of drug-likeness (QED) is 0.288. The number of nitrogens with one attached hydrogen (secondary N) is 1. The van der Waals surface area contributed by atoms with E-state index in [1.165, 1.54) is 29.7 Å². The highest BCUT2D eigenvalue weighted by molar-refractivity contribution is 7.90. The molecule has 198 valence electrons. The lowest BCUT2D eigenvalue weighted by atomic mass is 10.1. The van der Waals surface area contributed by atoms with E-state index in [-0.39, 0.29) is 29.7 Å². The maximum atomic E-state index is 13.0. The molecule has 1 amide bonds. The number of thiophene rings is 1. The molecular weight excluding hydrogens is 530 g/mol. The molecule has 38 heavy (non-hydrogen) atoms. The van der Waals surface area contributed by atoms with Crippen LogP contribution in [0.25, 0.3) is 10.1 Å². The summed E-state index contributed by atoms with van der Waals surface area (Å²) in [5, 5.41) is 5.18. The Balaban J connectivity index is 1.53. The van der Waals surface area contributed by atoms with Crippen molar-refractivity contribution in [3.8, 4) is 11.5 Å². The van der Waals surface area contributed by atoms with Crippen LogP contribution in [0.4, 0.5) is 16.3 Å². The molecule has 10 nitrogen and oxygen atoms in total. The average Bonchev–Trinajstić information content (AvgIpc) is 3.30. The van der Waals surface area contributed by atoms with Gasteiger partial charge in [-0.1, -0.05) is 12.1 Å². The van der Waals surface area contributed by atoms with Crippen molar-refractivity contribution in [3.05, 3.63) is 70.7 Å². The monoisotopic (exact) mass is 555 g/mol. The molecule has 0 saturated heterocycles. The highest BCUT2D eigenvalue weighted by atomic mass is 32.2. The van der Waals surface area contributed by atoms with Crippen molar-refractivity contribution in [2.24, 2.45) is 0 Å². The fourth-order valence-corrected chi connectivity index (χ4v) is 5.38. The maximum absolute atomic E-state index is 13.0. The van der Waals surface area contributed by atoms with E-state index in [0.717, 1.165) is 11.8 Å². The van der Waals surface area contributed by atoms with Crippen LogP contribution in [0.15, 0.2) is 58.9 Å². The maximum Gasteiger partial charge on any atom is 0.513 e. The molecule has 0 aliphatic heterocycles. The highest BCUT2D eigenvalue weighted by Crippen LogP contribution is 2.37. The molecule has 4 rings (SSSR count). The molecule has 0 spiro atoms. The smallest absolute Gasteiger partial charge is 0.489 e. The number of nitrogen functional groups attached to an aromatic ring is 1. The summed E-state index contributed by atoms with van der Waals surface area (Å²) in [5.41, 5.74) is 8.17. The van der Waals surface area contributed by atoms with Crippen LogP contribution in [0.5, 0.6) is 11.5 Å². The third-order valence-corrected chi connectivity index (χ3v) is 7.71. The zero-order chi connectivity index (χ0) is 27.4. The van der Waals surface area contributed by atoms with Crippen LogP contribution in [0, 0.1) is 6.92 Å². The SMILES string of the molecule is CCOC(=O)Oc1cnc(N)c2c(COc3cccc(C(=O)Nc4cccc(S(C)(=O)=O)c4)c3C)csc12. The van der Waals surface area contributed by atoms with Gasteiger partial charge >= 0.3 is 6.16 Å². The topological polar surface area (TPSA) is 147 Å². The summed E-state index contributed by atoms with van der Waals surface area (Å²) in [6, 6.07) is 11.1. The average molecular weight is 556 g/mol. The van der Waals surface area contributed by atoms with Gasteiger partial charge < -0.3 is 25.3 Å². The minimum Gasteiger partial charge on any atom is -0.489 e. The first-order valence-electron chi connectivity index (χ1n) is 11.4. The minimum absolute atomic E-state index is 0.108. The van der Waals surface area contributed by atoms with E-state index in [1.807, 2.05) is 5.38 Å². The van der Waals surface area contributed by atoms with Crippen LogP contribution in [0.2, 0.25) is 0 Å². The number of carbonyl (C=O) groups is 2. The van der Waals surface area contributed by atoms with Crippen molar-refractivity contribution in [3.63, 3.8) is 0 Å². The van der Waals surface area contributed by atoms with Crippen molar-refractivity contribution in [2.45, 2.75) is 25.3 Å². The number of nitrogens with two attached hydrogens (primary N) is 1. The molecule has 3 N–H and O–H groups in total. The molecule has 0 unspecified atom stereocenters. The number of hydrogen-bond acceptors (Lipinski definition) is 10. The summed E-state index contributed by atoms with van der Waals surface area (Å²) < 4.78 is 40.4. The van der Waals surface area contributed by atoms with Gasteiger partial charge in [-0.3, -0.25) is 4.79 Å². The van der Waals surface area contributed by atoms with Crippen molar-refractivity contribution >= 4 is 54.8 Å². The second-order valence-corrected chi connectivity index (χ2v) is 11.1. The Morgan fingerprint density at radius 1 is 1.13 bits per heavy atom. The van der Waals surface area contributed by atoms with E-state index < -0.39 is 21.9 Å². The van der Waals surface area contributed by atoms with Gasteiger partial charge in [0.2, 0.25) is 0 Å². The lowest BCUT2D eigenvalue weighted by Crippen LogP contribution is -2.14. The summed E-state index contributed by atoms with van der Waals surface area (Å²) in [7, 11) is -3.41. The number of anilines is 2. The van der Waals surface area contributed by atoms with Crippen LogP contribution in [-0.4, -0.2) is 38.3 Å². The number of aromatic nitrogens is 1. The Morgan fingerprint density at radius 3 is 2.63 bits per heavy atom. The van der Waals surface area contributed by atoms with Gasteiger partial charge in [-0.15, -0.1) is 11.3 Å². The molecule has 0 atom stereocenters. The fraction of sp³-hybridized carbons (Fsp3) is 0.192. The lowest BCUT2D eigenvalue weighted by molar-refractivity contribution is 0.102. The summed E-state index contributed by atoms with van der Waals surface area (Å²) in [4.78, 5) is 29.0. The fourth-order valence-electron chi connectivity index (χ4n) is 3.70. The van der Waals surface area contributed by atoms with Gasteiger partial charge in [0.15, 0.2) is 15.6 Å². The number of hydrogen-bond donors (Lipinski definition) is 2. The van der Waals surface area contributed by atoms with Crippen molar-refractivity contribution in [1.82, 2.24) is 4.98 Å². The number of carbonyl (C=O) groups excluding carboxylic acids is 2. The Bertz CT molecular complexity index is 1630. The molecule has 0 bridgehead atoms. The molecule has 2 aromatic heterocycles. The Hall–Kier alpha value is -4.16. The Labute approximate surface area is 223 Å². The van der Waals surface area contributed by atoms with E-state index in [9.17, 15) is 18.0 Å². The second kappa shape index (κ2) is 11.1. The lowest BCUT2D eigenvalue weighted by Gasteiger charge is -2.13. The third kappa shape index (κ3) is 5.87. The molecular formula is C26H25N3O7S2. The molecule has 0 aliphatic rings. The minimum atomic E-state index is -3.41. The molecule has 0 fully saturated rings. The van der Waals surface area contributed by atoms with Gasteiger partial charge in [0.05, 0.1) is 22.4 Å². The number of nitrogens with zero attached hydrogens (tertiary/aromatic N) is 1. The first kappa shape index (κ1) is 26.9. The zero-order valence-electron chi connectivity index (χ0n) is 20.8. The van der Waals surface area contributed by atoms with Crippen LogP contribution in [0.3, 0.4) is 0 Å². The molecule has 12 heteroatoms. The highest BCUT2D eigenvalue weighted by Gasteiger charge is 2.18. The summed E-state index contributed by atoms with van der Waals surface area (Å²) >= 11 is 1.33. The molecule has 0 radical (unpaired) electrons. The van der Waals surface area contributed by atoms with Crippen LogP contribution >= 0.6 is 11.3 Å². The molecule has 0 aliphatic carbocycles. The predicted molar refractivity (Wildman–Crippen MR) is 145 cm³/mol. The van der Waals surface area contributed by atoms with Gasteiger partial charge in [-0.25, -0.2) is 18.2 Å². The first-order valence-corrected chi connectivity index (χ1v) is 14.2. The van der Waals surface area contributed by atoms with Gasteiger partial charge in [-0.2, -0.15) is 0 Å². The van der Waals surface area contributed by atoms with Crippen molar-refractivity contribution in [1.29, 1.82) is 0 Å². The third-order valence-electron chi connectivity index (χ3n) is 5.56. The van der Waals surface area contributed by atoms with E-state index in [4.69, 9.17) is 19.9 Å². The standard InChI is InChI=1S/C26H25N3O7S2/c1-4-34-26(31)36-21-12-28-24(27)22-16(14-37-23(21)22)13-35-20-10-6-9-19(15(20)2)25(30)29-17-7-5-8-18(11-17)38(3,32)33/h5-12,14H,4,13H2,1-3H3,(H2,27,28)(H,29,30). The Kier molecular flexibility index (Phi) is 7.83. The van der Waals surface area contributed by atoms with Gasteiger partial charge in [0, 0.05) is 34.0 Å². The molecule has 2 aromatic carbocycles. The number of amides is 1. The second-order valence-electron chi connectivity index (χ2n) is 8.23. The van der Waals surface area contributed by atoms with Gasteiger partial charge in [-0.05, 0) is 49.6 Å². The molecule has 0 saturated carbocycles. The molecule has 4 aromatic rings. The predicted octanol–water partition coefficient (Wildman–Crippen LogP) is 4.96. The largest absolute Gasteiger partial charge is 0.513 e. The zero-order valence-corrected chi connectivity index (χ0v) is 22.4. The normalized spacial score (nSPS) is 11.2. The first-order chi connectivity index (χ1) is 18.1. The van der Waals surface area contributed by atoms with E-state index >= 15 is 0 Å². The molecule has 2 heterocycles. The van der Waals surface area contributed by atoms with E-state index in [1.54, 1.807) is 44.2 Å². The summed E-state index contributed by atoms with van der Waals surface area (Å²) in [5.74, 6) is 0.567. The van der Waals surface area contributed by atoms with E-state index in [0.29, 0.717) is 32.6 Å². The number of benzene rings is 2. The van der Waals surface area contributed by atoms with Gasteiger partial charge in [0.1, 0.15) is 18.2 Å². The number of fused-ring (bicyclic) bond motifs is 1.